The molecule has 1 unspecified atom stereocenters. The molecule has 0 fully saturated rings. The van der Waals surface area contributed by atoms with E-state index in [1.165, 1.54) is 0 Å². The second-order valence-corrected chi connectivity index (χ2v) is 1.96. The molecule has 0 aliphatic carbocycles. The summed E-state index contributed by atoms with van der Waals surface area (Å²) < 4.78 is 4.79. The van der Waals surface area contributed by atoms with E-state index in [4.69, 9.17) is 16.3 Å². The standard InChI is InChI=1S/C7H10O3/c1-3-4-10-5-6(2)7(8)9/h1,6H,4-5H2,2H3,(H,8,9). The SMILES string of the molecule is C#CCOCC(C)C(=O)O. The molecule has 0 aliphatic heterocycles. The Kier molecular flexibility index (Phi) is 4.34. The lowest BCUT2D eigenvalue weighted by molar-refractivity contribution is -0.142. The van der Waals surface area contributed by atoms with E-state index in [0.717, 1.165) is 0 Å². The van der Waals surface area contributed by atoms with Gasteiger partial charge in [0.05, 0.1) is 12.5 Å². The predicted octanol–water partition coefficient (Wildman–Crippen LogP) is 0.357. The molecule has 1 atom stereocenters. The molecule has 0 heterocycles. The van der Waals surface area contributed by atoms with Crippen LogP contribution in [0.4, 0.5) is 0 Å². The number of terminal acetylenes is 1. The summed E-state index contributed by atoms with van der Waals surface area (Å²) >= 11 is 0. The Morgan fingerprint density at radius 2 is 2.50 bits per heavy atom. The first-order valence-corrected chi connectivity index (χ1v) is 2.92. The summed E-state index contributed by atoms with van der Waals surface area (Å²) in [4.78, 5) is 10.2. The van der Waals surface area contributed by atoms with Crippen molar-refractivity contribution in [2.75, 3.05) is 13.2 Å². The monoisotopic (exact) mass is 142 g/mol. The highest BCUT2D eigenvalue weighted by Crippen LogP contribution is 1.94. The van der Waals surface area contributed by atoms with Gasteiger partial charge in [0.25, 0.3) is 0 Å². The first-order chi connectivity index (χ1) is 4.68. The van der Waals surface area contributed by atoms with Gasteiger partial charge in [-0.05, 0) is 6.92 Å². The lowest BCUT2D eigenvalue weighted by Crippen LogP contribution is -2.16. The van der Waals surface area contributed by atoms with Crippen molar-refractivity contribution in [3.05, 3.63) is 0 Å². The van der Waals surface area contributed by atoms with Gasteiger partial charge < -0.3 is 9.84 Å². The van der Waals surface area contributed by atoms with Crippen LogP contribution in [0.2, 0.25) is 0 Å². The van der Waals surface area contributed by atoms with Crippen LogP contribution >= 0.6 is 0 Å². The zero-order valence-electron chi connectivity index (χ0n) is 5.83. The molecule has 3 nitrogen and oxygen atoms in total. The van der Waals surface area contributed by atoms with Gasteiger partial charge in [0.15, 0.2) is 0 Å². The van der Waals surface area contributed by atoms with Gasteiger partial charge >= 0.3 is 5.97 Å². The zero-order chi connectivity index (χ0) is 7.98. The van der Waals surface area contributed by atoms with Gasteiger partial charge in [-0.2, -0.15) is 0 Å². The molecule has 0 saturated carbocycles. The topological polar surface area (TPSA) is 46.5 Å². The molecular formula is C7H10O3. The largest absolute Gasteiger partial charge is 0.481 e. The summed E-state index contributed by atoms with van der Waals surface area (Å²) in [6, 6.07) is 0. The van der Waals surface area contributed by atoms with Gasteiger partial charge in [-0.15, -0.1) is 6.42 Å². The van der Waals surface area contributed by atoms with Crippen molar-refractivity contribution >= 4 is 5.97 Å². The van der Waals surface area contributed by atoms with Crippen LogP contribution in [0.25, 0.3) is 0 Å². The highest BCUT2D eigenvalue weighted by Gasteiger charge is 2.09. The molecule has 56 valence electrons. The Morgan fingerprint density at radius 3 is 2.90 bits per heavy atom. The van der Waals surface area contributed by atoms with E-state index in [0.29, 0.717) is 0 Å². The number of carboxylic acid groups (broad SMARTS) is 1. The highest BCUT2D eigenvalue weighted by molar-refractivity contribution is 5.69. The van der Waals surface area contributed by atoms with Crippen LogP contribution in [0.3, 0.4) is 0 Å². The fraction of sp³-hybridized carbons (Fsp3) is 0.571. The summed E-state index contributed by atoms with van der Waals surface area (Å²) in [5.41, 5.74) is 0. The minimum Gasteiger partial charge on any atom is -0.481 e. The fourth-order valence-corrected chi connectivity index (χ4v) is 0.366. The van der Waals surface area contributed by atoms with E-state index in [1.807, 2.05) is 0 Å². The maximum Gasteiger partial charge on any atom is 0.308 e. The average Bonchev–Trinajstić information content (AvgIpc) is 1.88. The number of rotatable bonds is 4. The smallest absolute Gasteiger partial charge is 0.308 e. The Morgan fingerprint density at radius 1 is 1.90 bits per heavy atom. The molecule has 0 rings (SSSR count). The summed E-state index contributed by atoms with van der Waals surface area (Å²) in [5, 5.41) is 8.35. The third kappa shape index (κ3) is 3.93. The summed E-state index contributed by atoms with van der Waals surface area (Å²) in [5.74, 6) is 0.905. The summed E-state index contributed by atoms with van der Waals surface area (Å²) in [6.07, 6.45) is 4.87. The molecule has 0 aromatic heterocycles. The van der Waals surface area contributed by atoms with E-state index in [-0.39, 0.29) is 13.2 Å². The minimum atomic E-state index is -0.864. The third-order valence-electron chi connectivity index (χ3n) is 0.975. The Balaban J connectivity index is 3.32. The van der Waals surface area contributed by atoms with E-state index < -0.39 is 11.9 Å². The van der Waals surface area contributed by atoms with Crippen molar-refractivity contribution in [2.45, 2.75) is 6.92 Å². The van der Waals surface area contributed by atoms with Crippen LogP contribution in [0.15, 0.2) is 0 Å². The lowest BCUT2D eigenvalue weighted by atomic mass is 10.2. The van der Waals surface area contributed by atoms with Crippen LogP contribution in [0.5, 0.6) is 0 Å². The van der Waals surface area contributed by atoms with Crippen LogP contribution in [0.1, 0.15) is 6.92 Å². The molecule has 0 amide bonds. The molecule has 0 saturated heterocycles. The number of carboxylic acids is 1. The molecular weight excluding hydrogens is 132 g/mol. The number of carbonyl (C=O) groups is 1. The zero-order valence-corrected chi connectivity index (χ0v) is 5.83. The molecule has 0 bridgehead atoms. The Labute approximate surface area is 60.0 Å². The molecule has 10 heavy (non-hydrogen) atoms. The van der Waals surface area contributed by atoms with Crippen LogP contribution < -0.4 is 0 Å². The number of hydrogen-bond donors (Lipinski definition) is 1. The highest BCUT2D eigenvalue weighted by atomic mass is 16.5. The van der Waals surface area contributed by atoms with Crippen LogP contribution in [-0.2, 0) is 9.53 Å². The molecule has 1 N–H and O–H groups in total. The number of hydrogen-bond acceptors (Lipinski definition) is 2. The summed E-state index contributed by atoms with van der Waals surface area (Å²) in [7, 11) is 0. The minimum absolute atomic E-state index is 0.178. The van der Waals surface area contributed by atoms with Crippen molar-refractivity contribution in [3.63, 3.8) is 0 Å². The molecule has 0 radical (unpaired) electrons. The van der Waals surface area contributed by atoms with E-state index >= 15 is 0 Å². The first-order valence-electron chi connectivity index (χ1n) is 2.92. The van der Waals surface area contributed by atoms with E-state index in [9.17, 15) is 4.79 Å². The van der Waals surface area contributed by atoms with E-state index in [2.05, 4.69) is 5.92 Å². The molecule has 0 aromatic rings. The average molecular weight is 142 g/mol. The maximum atomic E-state index is 10.2. The van der Waals surface area contributed by atoms with Gasteiger partial charge in [-0.25, -0.2) is 0 Å². The van der Waals surface area contributed by atoms with Crippen LogP contribution in [-0.4, -0.2) is 24.3 Å². The second kappa shape index (κ2) is 4.83. The molecule has 3 heteroatoms. The number of aliphatic carboxylic acids is 1. The second-order valence-electron chi connectivity index (χ2n) is 1.96. The normalized spacial score (nSPS) is 12.0. The van der Waals surface area contributed by atoms with E-state index in [1.54, 1.807) is 6.92 Å². The van der Waals surface area contributed by atoms with Gasteiger partial charge in [0.1, 0.15) is 6.61 Å². The first kappa shape index (κ1) is 8.99. The van der Waals surface area contributed by atoms with Crippen molar-refractivity contribution in [1.29, 1.82) is 0 Å². The fourth-order valence-electron chi connectivity index (χ4n) is 0.366. The Bertz CT molecular complexity index is 145. The van der Waals surface area contributed by atoms with Crippen LogP contribution in [0, 0.1) is 18.3 Å². The lowest BCUT2D eigenvalue weighted by Gasteiger charge is -2.03. The quantitative estimate of drug-likeness (QED) is 0.455. The van der Waals surface area contributed by atoms with Gasteiger partial charge in [-0.1, -0.05) is 5.92 Å². The molecule has 0 spiro atoms. The molecule has 0 aromatic carbocycles. The van der Waals surface area contributed by atoms with Gasteiger partial charge in [0, 0.05) is 0 Å². The van der Waals surface area contributed by atoms with Crippen molar-refractivity contribution in [2.24, 2.45) is 5.92 Å². The number of ether oxygens (including phenoxy) is 1. The third-order valence-corrected chi connectivity index (χ3v) is 0.975. The van der Waals surface area contributed by atoms with Crippen molar-refractivity contribution < 1.29 is 14.6 Å². The van der Waals surface area contributed by atoms with Crippen molar-refractivity contribution in [1.82, 2.24) is 0 Å². The summed E-state index contributed by atoms with van der Waals surface area (Å²) in [6.45, 7) is 1.93. The Hall–Kier alpha value is -1.01. The molecule has 0 aliphatic rings. The van der Waals surface area contributed by atoms with Gasteiger partial charge in [-0.3, -0.25) is 4.79 Å². The maximum absolute atomic E-state index is 10.2. The van der Waals surface area contributed by atoms with Gasteiger partial charge in [0.2, 0.25) is 0 Å². The predicted molar refractivity (Wildman–Crippen MR) is 36.5 cm³/mol. The van der Waals surface area contributed by atoms with Crippen molar-refractivity contribution in [3.8, 4) is 12.3 Å².